The number of rotatable bonds is 4. The first-order valence-electron chi connectivity index (χ1n) is 8.61. The second-order valence-corrected chi connectivity index (χ2v) is 7.14. The van der Waals surface area contributed by atoms with E-state index >= 15 is 0 Å². The monoisotopic (exact) mass is 331 g/mol. The fourth-order valence-electron chi connectivity index (χ4n) is 4.27. The number of hydrogen-bond donors (Lipinski definition) is 1. The van der Waals surface area contributed by atoms with Gasteiger partial charge in [0.05, 0.1) is 24.0 Å². The van der Waals surface area contributed by atoms with Gasteiger partial charge in [-0.3, -0.25) is 14.5 Å². The quantitative estimate of drug-likeness (QED) is 0.674. The van der Waals surface area contributed by atoms with Gasteiger partial charge in [0, 0.05) is 17.6 Å². The van der Waals surface area contributed by atoms with Crippen molar-refractivity contribution in [1.29, 1.82) is 0 Å². The van der Waals surface area contributed by atoms with Crippen LogP contribution in [0.15, 0.2) is 30.3 Å². The number of hydrogen-bond acceptors (Lipinski definition) is 5. The molecular formula is C19H25NO4. The standard InChI is InChI=1S/C19H25NO4/c1-11(2)24-19(23)16-14-10-9-13(20(14)3)15(18(16)22)17(21)12-7-5-4-6-8-12/h4-8,11,13-16,18,22H,9-10H2,1-3H3/t13-,14+,15?,16+,18-/m0/s1. The van der Waals surface area contributed by atoms with E-state index in [9.17, 15) is 14.7 Å². The molecule has 2 aliphatic heterocycles. The van der Waals surface area contributed by atoms with Crippen molar-refractivity contribution in [3.63, 3.8) is 0 Å². The van der Waals surface area contributed by atoms with Crippen LogP contribution in [0, 0.1) is 11.8 Å². The number of piperidine rings is 1. The van der Waals surface area contributed by atoms with Gasteiger partial charge in [-0.1, -0.05) is 30.3 Å². The second-order valence-electron chi connectivity index (χ2n) is 7.14. The average molecular weight is 331 g/mol. The number of carbonyl (C=O) groups is 2. The Hall–Kier alpha value is -1.72. The van der Waals surface area contributed by atoms with Gasteiger partial charge < -0.3 is 9.84 Å². The smallest absolute Gasteiger partial charge is 0.313 e. The largest absolute Gasteiger partial charge is 0.463 e. The van der Waals surface area contributed by atoms with Crippen molar-refractivity contribution in [2.24, 2.45) is 11.8 Å². The van der Waals surface area contributed by atoms with Gasteiger partial charge in [-0.15, -0.1) is 0 Å². The third-order valence-electron chi connectivity index (χ3n) is 5.35. The molecule has 0 amide bonds. The Morgan fingerprint density at radius 3 is 2.29 bits per heavy atom. The van der Waals surface area contributed by atoms with E-state index in [0.29, 0.717) is 5.56 Å². The summed E-state index contributed by atoms with van der Waals surface area (Å²) in [7, 11) is 1.94. The van der Waals surface area contributed by atoms with Crippen LogP contribution in [-0.2, 0) is 9.53 Å². The molecular weight excluding hydrogens is 306 g/mol. The van der Waals surface area contributed by atoms with Gasteiger partial charge in [0.2, 0.25) is 0 Å². The first kappa shape index (κ1) is 17.1. The van der Waals surface area contributed by atoms with Gasteiger partial charge in [0.25, 0.3) is 0 Å². The molecule has 3 rings (SSSR count). The van der Waals surface area contributed by atoms with Crippen LogP contribution in [0.1, 0.15) is 37.0 Å². The molecule has 2 saturated heterocycles. The minimum Gasteiger partial charge on any atom is -0.463 e. The second kappa shape index (κ2) is 6.65. The molecule has 130 valence electrons. The Morgan fingerprint density at radius 2 is 1.71 bits per heavy atom. The number of aliphatic hydroxyl groups is 1. The zero-order valence-corrected chi connectivity index (χ0v) is 14.4. The maximum Gasteiger partial charge on any atom is 0.313 e. The molecule has 0 spiro atoms. The predicted molar refractivity (Wildman–Crippen MR) is 89.6 cm³/mol. The van der Waals surface area contributed by atoms with Crippen LogP contribution in [0.3, 0.4) is 0 Å². The summed E-state index contributed by atoms with van der Waals surface area (Å²) in [5.74, 6) is -1.77. The van der Waals surface area contributed by atoms with Crippen LogP contribution in [0.5, 0.6) is 0 Å². The highest BCUT2D eigenvalue weighted by Gasteiger charge is 2.56. The molecule has 2 heterocycles. The van der Waals surface area contributed by atoms with Crippen LogP contribution >= 0.6 is 0 Å². The summed E-state index contributed by atoms with van der Waals surface area (Å²) in [5.41, 5.74) is 0.580. The van der Waals surface area contributed by atoms with Crippen molar-refractivity contribution >= 4 is 11.8 Å². The SMILES string of the molecule is CC(C)OC(=O)[C@@H]1[C@H]2CC[C@@H](C(C(=O)c3ccccc3)[C@@H]1O)N2C. The summed E-state index contributed by atoms with van der Waals surface area (Å²) in [5, 5.41) is 10.9. The van der Waals surface area contributed by atoms with E-state index in [1.807, 2.05) is 25.2 Å². The normalized spacial score (nSPS) is 32.8. The number of fused-ring (bicyclic) bond motifs is 2. The fraction of sp³-hybridized carbons (Fsp3) is 0.579. The maximum absolute atomic E-state index is 13.0. The van der Waals surface area contributed by atoms with E-state index in [-0.39, 0.29) is 24.0 Å². The lowest BCUT2D eigenvalue weighted by Crippen LogP contribution is -2.59. The molecule has 2 fully saturated rings. The molecule has 0 aliphatic carbocycles. The van der Waals surface area contributed by atoms with Crippen molar-refractivity contribution in [1.82, 2.24) is 4.90 Å². The highest BCUT2D eigenvalue weighted by Crippen LogP contribution is 2.43. The lowest BCUT2D eigenvalue weighted by atomic mass is 9.76. The number of ether oxygens (including phenoxy) is 1. The molecule has 5 nitrogen and oxygen atoms in total. The molecule has 24 heavy (non-hydrogen) atoms. The highest BCUT2D eigenvalue weighted by atomic mass is 16.5. The molecule has 5 atom stereocenters. The number of benzene rings is 1. The summed E-state index contributed by atoms with van der Waals surface area (Å²) in [6.07, 6.45) is 0.372. The van der Waals surface area contributed by atoms with E-state index in [2.05, 4.69) is 4.90 Å². The lowest BCUT2D eigenvalue weighted by Gasteiger charge is -2.44. The van der Waals surface area contributed by atoms with Crippen molar-refractivity contribution in [3.05, 3.63) is 35.9 Å². The van der Waals surface area contributed by atoms with E-state index in [4.69, 9.17) is 4.74 Å². The van der Waals surface area contributed by atoms with Crippen LogP contribution in [-0.4, -0.2) is 53.1 Å². The number of ketones is 1. The summed E-state index contributed by atoms with van der Waals surface area (Å²) < 4.78 is 5.36. The summed E-state index contributed by atoms with van der Waals surface area (Å²) in [4.78, 5) is 27.6. The Balaban J connectivity index is 1.91. The number of aliphatic hydroxyl groups excluding tert-OH is 1. The number of nitrogens with zero attached hydrogens (tertiary/aromatic N) is 1. The number of carbonyl (C=O) groups excluding carboxylic acids is 2. The molecule has 1 aromatic carbocycles. The Morgan fingerprint density at radius 1 is 1.12 bits per heavy atom. The van der Waals surface area contributed by atoms with E-state index in [1.165, 1.54) is 0 Å². The van der Waals surface area contributed by atoms with Crippen LogP contribution in [0.25, 0.3) is 0 Å². The van der Waals surface area contributed by atoms with E-state index < -0.39 is 23.9 Å². The van der Waals surface area contributed by atoms with Gasteiger partial charge in [0.1, 0.15) is 0 Å². The third-order valence-corrected chi connectivity index (χ3v) is 5.35. The molecule has 0 aromatic heterocycles. The van der Waals surface area contributed by atoms with Crippen molar-refractivity contribution in [2.75, 3.05) is 7.05 Å². The van der Waals surface area contributed by atoms with Crippen LogP contribution < -0.4 is 0 Å². The topological polar surface area (TPSA) is 66.8 Å². The van der Waals surface area contributed by atoms with Crippen molar-refractivity contribution in [3.8, 4) is 0 Å². The molecule has 2 aliphatic rings. The minimum atomic E-state index is -1.00. The lowest BCUT2D eigenvalue weighted by molar-refractivity contribution is -0.165. The van der Waals surface area contributed by atoms with Gasteiger partial charge in [-0.25, -0.2) is 0 Å². The molecule has 0 radical (unpaired) electrons. The Labute approximate surface area is 142 Å². The van der Waals surface area contributed by atoms with E-state index in [0.717, 1.165) is 12.8 Å². The zero-order chi connectivity index (χ0) is 17.4. The van der Waals surface area contributed by atoms with E-state index in [1.54, 1.807) is 26.0 Å². The minimum absolute atomic E-state index is 0.0270. The summed E-state index contributed by atoms with van der Waals surface area (Å²) >= 11 is 0. The summed E-state index contributed by atoms with van der Waals surface area (Å²) in [6, 6.07) is 8.92. The fourth-order valence-corrected chi connectivity index (χ4v) is 4.27. The van der Waals surface area contributed by atoms with Crippen molar-refractivity contribution < 1.29 is 19.4 Å². The Kier molecular flexibility index (Phi) is 4.74. The van der Waals surface area contributed by atoms with Gasteiger partial charge >= 0.3 is 5.97 Å². The molecule has 0 saturated carbocycles. The van der Waals surface area contributed by atoms with Gasteiger partial charge in [-0.05, 0) is 33.7 Å². The summed E-state index contributed by atoms with van der Waals surface area (Å²) in [6.45, 7) is 3.59. The van der Waals surface area contributed by atoms with Gasteiger partial charge in [-0.2, -0.15) is 0 Å². The van der Waals surface area contributed by atoms with Crippen molar-refractivity contribution in [2.45, 2.75) is 51.0 Å². The van der Waals surface area contributed by atoms with Crippen LogP contribution in [0.4, 0.5) is 0 Å². The predicted octanol–water partition coefficient (Wildman–Crippen LogP) is 1.89. The molecule has 1 unspecified atom stereocenters. The first-order chi connectivity index (χ1) is 11.4. The third kappa shape index (κ3) is 2.87. The number of esters is 1. The molecule has 1 N–H and O–H groups in total. The Bertz CT molecular complexity index is 615. The molecule has 2 bridgehead atoms. The number of Topliss-reactive ketones (excluding diaryl/α,β-unsaturated/α-hetero) is 1. The zero-order valence-electron chi connectivity index (χ0n) is 14.4. The molecule has 5 heteroatoms. The average Bonchev–Trinajstić information content (AvgIpc) is 2.81. The van der Waals surface area contributed by atoms with Gasteiger partial charge in [0.15, 0.2) is 5.78 Å². The highest BCUT2D eigenvalue weighted by molar-refractivity contribution is 5.99. The van der Waals surface area contributed by atoms with Crippen LogP contribution in [0.2, 0.25) is 0 Å². The molecule has 1 aromatic rings. The maximum atomic E-state index is 13.0. The first-order valence-corrected chi connectivity index (χ1v) is 8.61.